The number of aliphatic imine (C=N–C) groups is 6. The lowest BCUT2D eigenvalue weighted by Gasteiger charge is -2.06. The van der Waals surface area contributed by atoms with Gasteiger partial charge in [-0.25, -0.2) is 25.0 Å². The minimum Gasteiger partial charge on any atom is -0.464 e. The smallest absolute Gasteiger partial charge is 0.305 e. The average molecular weight is 542 g/mol. The minimum atomic E-state index is -0.485. The van der Waals surface area contributed by atoms with Crippen LogP contribution in [0.4, 0.5) is 0 Å². The highest BCUT2D eigenvalue weighted by atomic mass is 16.5. The molecule has 0 aromatic rings. The average Bonchev–Trinajstić information content (AvgIpc) is 2.83. The van der Waals surface area contributed by atoms with Crippen LogP contribution < -0.4 is 50.4 Å². The first-order valence-electron chi connectivity index (χ1n) is 11.3. The lowest BCUT2D eigenvalue weighted by molar-refractivity contribution is -0.145. The summed E-state index contributed by atoms with van der Waals surface area (Å²) in [6.45, 7) is 2.14. The van der Waals surface area contributed by atoms with Crippen molar-refractivity contribution in [3.05, 3.63) is 0 Å². The van der Waals surface area contributed by atoms with Gasteiger partial charge in [0.2, 0.25) is 5.96 Å². The predicted octanol–water partition coefficient (Wildman–Crippen LogP) is -4.49. The fourth-order valence-electron chi connectivity index (χ4n) is 2.15. The first-order valence-corrected chi connectivity index (χ1v) is 11.3. The van der Waals surface area contributed by atoms with Crippen LogP contribution in [-0.4, -0.2) is 94.3 Å². The second-order valence-corrected chi connectivity index (χ2v) is 7.07. The molecule has 0 saturated heterocycles. The molecule has 0 heterocycles. The van der Waals surface area contributed by atoms with Gasteiger partial charge in [-0.05, 0) is 13.3 Å². The molecular formula is C19H39N15O4. The third-order valence-electron chi connectivity index (χ3n) is 3.79. The van der Waals surface area contributed by atoms with Crippen LogP contribution in [0.15, 0.2) is 30.0 Å². The van der Waals surface area contributed by atoms with Crippen molar-refractivity contribution in [2.75, 3.05) is 46.7 Å². The summed E-state index contributed by atoms with van der Waals surface area (Å²) in [5.74, 6) is -0.460. The quantitative estimate of drug-likeness (QED) is 0.0433. The molecular weight excluding hydrogens is 502 g/mol. The number of guanidine groups is 5. The normalized spacial score (nSPS) is 13.7. The predicted molar refractivity (Wildman–Crippen MR) is 146 cm³/mol. The highest BCUT2D eigenvalue weighted by Crippen LogP contribution is 2.00. The van der Waals surface area contributed by atoms with Crippen LogP contribution in [0.1, 0.15) is 26.2 Å². The van der Waals surface area contributed by atoms with Crippen molar-refractivity contribution in [3.63, 3.8) is 0 Å². The monoisotopic (exact) mass is 541 g/mol. The molecule has 0 aliphatic carbocycles. The summed E-state index contributed by atoms with van der Waals surface area (Å²) >= 11 is 0. The molecule has 0 bridgehead atoms. The summed E-state index contributed by atoms with van der Waals surface area (Å²) in [6, 6.07) is 0. The van der Waals surface area contributed by atoms with Crippen molar-refractivity contribution in [1.29, 1.82) is 0 Å². The number of amidine groups is 1. The van der Waals surface area contributed by atoms with E-state index in [1.165, 1.54) is 7.05 Å². The van der Waals surface area contributed by atoms with Crippen LogP contribution in [0.2, 0.25) is 0 Å². The van der Waals surface area contributed by atoms with Crippen molar-refractivity contribution >= 4 is 47.6 Å². The Hall–Kier alpha value is -4.68. The molecule has 19 nitrogen and oxygen atoms in total. The van der Waals surface area contributed by atoms with E-state index in [4.69, 9.17) is 43.9 Å². The Morgan fingerprint density at radius 3 is 1.68 bits per heavy atom. The maximum absolute atomic E-state index is 11.8. The van der Waals surface area contributed by atoms with Gasteiger partial charge in [0.1, 0.15) is 13.2 Å². The number of nitrogens with zero attached hydrogens (tertiary/aromatic N) is 6. The van der Waals surface area contributed by atoms with Gasteiger partial charge in [0, 0.05) is 19.9 Å². The number of nitrogens with one attached hydrogen (secondary N) is 3. The van der Waals surface area contributed by atoms with Crippen LogP contribution >= 0.6 is 0 Å². The van der Waals surface area contributed by atoms with E-state index < -0.39 is 11.9 Å². The van der Waals surface area contributed by atoms with Gasteiger partial charge in [-0.1, -0.05) is 0 Å². The van der Waals surface area contributed by atoms with E-state index in [-0.39, 0.29) is 88.7 Å². The molecule has 0 aromatic carbocycles. The van der Waals surface area contributed by atoms with Crippen molar-refractivity contribution in [1.82, 2.24) is 16.0 Å². The first kappa shape index (κ1) is 33.3. The number of hydrogen-bond donors (Lipinski definition) is 9. The van der Waals surface area contributed by atoms with E-state index >= 15 is 0 Å². The number of carbonyl (C=O) groups is 2. The van der Waals surface area contributed by atoms with Crippen LogP contribution in [-0.2, 0) is 19.1 Å². The number of nitrogens with two attached hydrogens (primary N) is 6. The highest BCUT2D eigenvalue weighted by molar-refractivity contribution is 5.97. The van der Waals surface area contributed by atoms with E-state index in [0.717, 1.165) is 0 Å². The summed E-state index contributed by atoms with van der Waals surface area (Å²) in [6.07, 6.45) is 0.350. The Morgan fingerprint density at radius 1 is 0.711 bits per heavy atom. The summed E-state index contributed by atoms with van der Waals surface area (Å²) in [5.41, 5.74) is 33.2. The third kappa shape index (κ3) is 20.7. The summed E-state index contributed by atoms with van der Waals surface area (Å²) in [4.78, 5) is 46.6. The second-order valence-electron chi connectivity index (χ2n) is 7.07. The molecule has 0 atom stereocenters. The van der Waals surface area contributed by atoms with Crippen molar-refractivity contribution in [3.8, 4) is 0 Å². The Balaban J connectivity index is 3.98. The van der Waals surface area contributed by atoms with E-state index in [1.54, 1.807) is 6.92 Å². The Morgan fingerprint density at radius 2 is 1.18 bits per heavy atom. The lowest BCUT2D eigenvalue weighted by Crippen LogP contribution is -2.42. The summed E-state index contributed by atoms with van der Waals surface area (Å²) < 4.78 is 10.0. The largest absolute Gasteiger partial charge is 0.464 e. The summed E-state index contributed by atoms with van der Waals surface area (Å²) in [5, 5.41) is 7.95. The number of ether oxygens (including phenoxy) is 2. The van der Waals surface area contributed by atoms with Crippen LogP contribution in [0.5, 0.6) is 0 Å². The molecule has 0 aliphatic rings. The second kappa shape index (κ2) is 20.5. The number of carbonyl (C=O) groups excluding carboxylic acids is 2. The SMILES string of the molecule is CN=C(N)NC(N)=NCCOC(=O)CCCC(=O)OCCN=C(N)NC(N)=NCNCN=C(N)N=C(C)N. The van der Waals surface area contributed by atoms with Gasteiger partial charge < -0.3 is 43.9 Å². The maximum Gasteiger partial charge on any atom is 0.305 e. The lowest BCUT2D eigenvalue weighted by atomic mass is 10.2. The molecule has 0 amide bonds. The van der Waals surface area contributed by atoms with Gasteiger partial charge in [-0.2, -0.15) is 0 Å². The molecule has 0 rings (SSSR count). The zero-order chi connectivity index (χ0) is 28.8. The third-order valence-corrected chi connectivity index (χ3v) is 3.79. The van der Waals surface area contributed by atoms with Crippen LogP contribution in [0.25, 0.3) is 0 Å². The molecule has 15 N–H and O–H groups in total. The van der Waals surface area contributed by atoms with Gasteiger partial charge in [0.05, 0.1) is 32.3 Å². The van der Waals surface area contributed by atoms with Gasteiger partial charge >= 0.3 is 11.9 Å². The van der Waals surface area contributed by atoms with Crippen molar-refractivity contribution in [2.24, 2.45) is 64.4 Å². The topological polar surface area (TPSA) is 319 Å². The molecule has 214 valence electrons. The van der Waals surface area contributed by atoms with Crippen LogP contribution in [0, 0.1) is 0 Å². The number of rotatable bonds is 14. The number of hydrogen-bond acceptors (Lipinski definition) is 10. The Labute approximate surface area is 220 Å². The molecule has 0 saturated carbocycles. The molecule has 0 fully saturated rings. The minimum absolute atomic E-state index is 0.00480. The van der Waals surface area contributed by atoms with Crippen molar-refractivity contribution < 1.29 is 19.1 Å². The maximum atomic E-state index is 11.8. The van der Waals surface area contributed by atoms with Crippen LogP contribution in [0.3, 0.4) is 0 Å². The van der Waals surface area contributed by atoms with E-state index in [2.05, 4.69) is 45.9 Å². The standard InChI is InChI=1S/C19H39N15O4/c1-12(20)32-18(24)30-10-27-11-31-19(25)34-17(23)29-7-9-38-14(36)5-3-4-13(35)37-8-6-28-16(22)33-15(21)26-2/h27H,3-11H2,1-2H3,(H4,20,24,30,32)(H5,21,22,26,28,33)(H5,23,25,29,31,34). The fourth-order valence-corrected chi connectivity index (χ4v) is 2.15. The zero-order valence-corrected chi connectivity index (χ0v) is 21.6. The van der Waals surface area contributed by atoms with Gasteiger partial charge in [0.25, 0.3) is 0 Å². The molecule has 0 radical (unpaired) electrons. The summed E-state index contributed by atoms with van der Waals surface area (Å²) in [7, 11) is 1.49. The molecule has 0 unspecified atom stereocenters. The molecule has 0 spiro atoms. The zero-order valence-electron chi connectivity index (χ0n) is 21.6. The Bertz CT molecular complexity index is 923. The van der Waals surface area contributed by atoms with Gasteiger partial charge in [0.15, 0.2) is 23.8 Å². The number of esters is 2. The molecule has 38 heavy (non-hydrogen) atoms. The Kier molecular flexibility index (Phi) is 18.0. The van der Waals surface area contributed by atoms with Gasteiger partial charge in [-0.15, -0.1) is 0 Å². The van der Waals surface area contributed by atoms with Crippen molar-refractivity contribution in [2.45, 2.75) is 26.2 Å². The van der Waals surface area contributed by atoms with E-state index in [0.29, 0.717) is 5.84 Å². The molecule has 19 heteroatoms. The van der Waals surface area contributed by atoms with Gasteiger partial charge in [-0.3, -0.25) is 30.5 Å². The molecule has 0 aromatic heterocycles. The highest BCUT2D eigenvalue weighted by Gasteiger charge is 2.07. The first-order chi connectivity index (χ1) is 18.0. The molecule has 0 aliphatic heterocycles. The van der Waals surface area contributed by atoms with E-state index in [1.807, 2.05) is 0 Å². The van der Waals surface area contributed by atoms with E-state index in [9.17, 15) is 9.59 Å². The fraction of sp³-hybridized carbons (Fsp3) is 0.579.